The molecule has 0 saturated heterocycles. The van der Waals surface area contributed by atoms with Gasteiger partial charge in [-0.05, 0) is 109 Å². The van der Waals surface area contributed by atoms with Crippen molar-refractivity contribution in [3.8, 4) is 0 Å². The van der Waals surface area contributed by atoms with Crippen LogP contribution in [0.1, 0.15) is 265 Å². The Bertz CT molecular complexity index is 1700. The summed E-state index contributed by atoms with van der Waals surface area (Å²) in [4.78, 5) is 38.2. The second-order valence-corrected chi connectivity index (χ2v) is 20.2. The van der Waals surface area contributed by atoms with Crippen molar-refractivity contribution in [2.45, 2.75) is 271 Å². The van der Waals surface area contributed by atoms with E-state index in [0.717, 1.165) is 122 Å². The SMILES string of the molecule is CC/C=C\C/C=C\C/C=C\C/C=C\C/C=C\C/C=C\CCCCCCCCCCC(=O)OCC(COC(=O)CCCCCCCCCCCCCCC)OC(=O)CC/C=C\C/C=C\C/C=C\C/C=C\C/C=C\C/C=C\CC. The lowest BCUT2D eigenvalue weighted by atomic mass is 10.0. The average Bonchev–Trinajstić information content (AvgIpc) is 3.43. The summed E-state index contributed by atoms with van der Waals surface area (Å²) in [6.45, 7) is 6.34. The van der Waals surface area contributed by atoms with E-state index < -0.39 is 12.1 Å². The molecule has 6 nitrogen and oxygen atoms in total. The molecule has 0 aromatic carbocycles. The van der Waals surface area contributed by atoms with Crippen LogP contribution in [0.25, 0.3) is 0 Å². The molecule has 0 bridgehead atoms. The van der Waals surface area contributed by atoms with Crippen molar-refractivity contribution in [2.75, 3.05) is 13.2 Å². The molecular weight excluding hydrogens is 949 g/mol. The lowest BCUT2D eigenvalue weighted by Gasteiger charge is -2.18. The summed E-state index contributed by atoms with van der Waals surface area (Å²) >= 11 is 0. The molecule has 1 unspecified atom stereocenters. The lowest BCUT2D eigenvalue weighted by molar-refractivity contribution is -0.166. The molecule has 0 N–H and O–H groups in total. The first-order valence-electron chi connectivity index (χ1n) is 31.3. The number of ether oxygens (including phenoxy) is 3. The summed E-state index contributed by atoms with van der Waals surface area (Å²) in [5, 5.41) is 0. The number of rotatable bonds is 55. The second-order valence-electron chi connectivity index (χ2n) is 20.2. The lowest BCUT2D eigenvalue weighted by Crippen LogP contribution is -2.30. The molecule has 0 amide bonds. The van der Waals surface area contributed by atoms with Crippen LogP contribution in [0.15, 0.2) is 146 Å². The third kappa shape index (κ3) is 62.0. The second kappa shape index (κ2) is 63.8. The number of esters is 3. The fourth-order valence-electron chi connectivity index (χ4n) is 8.24. The molecule has 0 radical (unpaired) electrons. The minimum Gasteiger partial charge on any atom is -0.462 e. The molecule has 0 aliphatic carbocycles. The van der Waals surface area contributed by atoms with E-state index in [-0.39, 0.29) is 31.6 Å². The molecule has 0 aromatic heterocycles. The van der Waals surface area contributed by atoms with Gasteiger partial charge in [-0.2, -0.15) is 0 Å². The maximum atomic E-state index is 12.9. The first-order valence-corrected chi connectivity index (χ1v) is 31.3. The molecule has 0 aromatic rings. The zero-order valence-corrected chi connectivity index (χ0v) is 49.7. The Balaban J connectivity index is 4.45. The van der Waals surface area contributed by atoms with Gasteiger partial charge in [0, 0.05) is 19.3 Å². The highest BCUT2D eigenvalue weighted by Gasteiger charge is 2.19. The Morgan fingerprint density at radius 1 is 0.273 bits per heavy atom. The minimum atomic E-state index is -0.827. The van der Waals surface area contributed by atoms with Crippen LogP contribution >= 0.6 is 0 Å². The molecule has 0 rings (SSSR count). The van der Waals surface area contributed by atoms with Crippen molar-refractivity contribution in [2.24, 2.45) is 0 Å². The van der Waals surface area contributed by atoms with Gasteiger partial charge in [-0.1, -0.05) is 282 Å². The molecule has 0 heterocycles. The first kappa shape index (κ1) is 72.3. The van der Waals surface area contributed by atoms with Gasteiger partial charge in [0.1, 0.15) is 13.2 Å². The van der Waals surface area contributed by atoms with Crippen LogP contribution in [0.4, 0.5) is 0 Å². The maximum absolute atomic E-state index is 12.9. The topological polar surface area (TPSA) is 78.9 Å². The molecule has 1 atom stereocenters. The largest absolute Gasteiger partial charge is 0.462 e. The number of unbranched alkanes of at least 4 members (excludes halogenated alkanes) is 20. The van der Waals surface area contributed by atoms with Crippen molar-refractivity contribution in [1.82, 2.24) is 0 Å². The number of carbonyl (C=O) groups is 3. The number of carbonyl (C=O) groups excluding carboxylic acids is 3. The summed E-state index contributed by atoms with van der Waals surface area (Å²) in [6.07, 6.45) is 91.4. The van der Waals surface area contributed by atoms with Gasteiger partial charge in [0.2, 0.25) is 0 Å². The van der Waals surface area contributed by atoms with Crippen molar-refractivity contribution in [1.29, 1.82) is 0 Å². The van der Waals surface area contributed by atoms with E-state index >= 15 is 0 Å². The summed E-state index contributed by atoms with van der Waals surface area (Å²) in [7, 11) is 0. The molecule has 0 aliphatic rings. The Labute approximate surface area is 474 Å². The van der Waals surface area contributed by atoms with Crippen molar-refractivity contribution in [3.63, 3.8) is 0 Å². The number of hydrogen-bond acceptors (Lipinski definition) is 6. The molecule has 6 heteroatoms. The highest BCUT2D eigenvalue weighted by atomic mass is 16.6. The van der Waals surface area contributed by atoms with E-state index in [1.807, 2.05) is 6.08 Å². The van der Waals surface area contributed by atoms with E-state index in [0.29, 0.717) is 19.3 Å². The maximum Gasteiger partial charge on any atom is 0.306 e. The molecule has 0 spiro atoms. The fraction of sp³-hybridized carbons (Fsp3) is 0.620. The monoisotopic (exact) mass is 1060 g/mol. The van der Waals surface area contributed by atoms with E-state index in [1.54, 1.807) is 0 Å². The van der Waals surface area contributed by atoms with Gasteiger partial charge in [0.25, 0.3) is 0 Å². The van der Waals surface area contributed by atoms with E-state index in [1.165, 1.54) is 96.3 Å². The normalized spacial score (nSPS) is 13.1. The van der Waals surface area contributed by atoms with Gasteiger partial charge < -0.3 is 14.2 Å². The highest BCUT2D eigenvalue weighted by Crippen LogP contribution is 2.15. The van der Waals surface area contributed by atoms with Crippen molar-refractivity contribution >= 4 is 17.9 Å². The molecular formula is C71H114O6. The molecule has 0 aliphatic heterocycles. The average molecular weight is 1060 g/mol. The predicted molar refractivity (Wildman–Crippen MR) is 334 cm³/mol. The molecule has 434 valence electrons. The summed E-state index contributed by atoms with van der Waals surface area (Å²) in [5.41, 5.74) is 0. The van der Waals surface area contributed by atoms with Crippen LogP contribution in [-0.2, 0) is 28.6 Å². The zero-order valence-electron chi connectivity index (χ0n) is 49.7. The van der Waals surface area contributed by atoms with Gasteiger partial charge in [0.15, 0.2) is 6.10 Å². The Kier molecular flexibility index (Phi) is 59.9. The van der Waals surface area contributed by atoms with Gasteiger partial charge in [-0.3, -0.25) is 14.4 Å². The molecule has 77 heavy (non-hydrogen) atoms. The third-order valence-electron chi connectivity index (χ3n) is 12.9. The van der Waals surface area contributed by atoms with Crippen LogP contribution in [0.5, 0.6) is 0 Å². The van der Waals surface area contributed by atoms with Crippen LogP contribution in [0.3, 0.4) is 0 Å². The van der Waals surface area contributed by atoms with Crippen LogP contribution in [0.2, 0.25) is 0 Å². The van der Waals surface area contributed by atoms with Crippen LogP contribution < -0.4 is 0 Å². The van der Waals surface area contributed by atoms with Gasteiger partial charge in [-0.25, -0.2) is 0 Å². The van der Waals surface area contributed by atoms with Crippen molar-refractivity contribution in [3.05, 3.63) is 146 Å². The number of allylic oxidation sites excluding steroid dienone is 24. The molecule has 0 fully saturated rings. The minimum absolute atomic E-state index is 0.113. The summed E-state index contributed by atoms with van der Waals surface area (Å²) in [5.74, 6) is -1.01. The first-order chi connectivity index (χ1) is 38.0. The van der Waals surface area contributed by atoms with E-state index in [2.05, 4.69) is 161 Å². The Morgan fingerprint density at radius 2 is 0.532 bits per heavy atom. The Morgan fingerprint density at radius 3 is 0.844 bits per heavy atom. The molecule has 0 saturated carbocycles. The highest BCUT2D eigenvalue weighted by molar-refractivity contribution is 5.71. The predicted octanol–water partition coefficient (Wildman–Crippen LogP) is 21.5. The zero-order chi connectivity index (χ0) is 55.7. The van der Waals surface area contributed by atoms with Gasteiger partial charge in [-0.15, -0.1) is 0 Å². The Hall–Kier alpha value is -4.71. The van der Waals surface area contributed by atoms with Gasteiger partial charge >= 0.3 is 17.9 Å². The summed E-state index contributed by atoms with van der Waals surface area (Å²) in [6, 6.07) is 0. The standard InChI is InChI=1S/C71H114O6/c1-4-7-10-13-16-19-22-25-27-29-31-32-33-34-35-36-37-38-40-41-43-46-49-52-55-58-61-64-70(73)76-67-68(66-75-69(72)63-60-57-54-51-48-45-24-21-18-15-12-9-6-3)77-71(74)65-62-59-56-53-50-47-44-42-39-30-28-26-23-20-17-14-11-8-5-2/h7-8,10-11,16-17,19-20,25-28,31-32,34-35,37-39,42,47,50,56,59,68H,4-6,9,12-15,18,21-24,29-30,33,36,40-41,43-46,48-49,51-55,57-58,60-67H2,1-3H3/b10-7-,11-8-,19-16-,20-17-,27-25-,28-26-,32-31-,35-34-,38-37-,42-39-,50-47-,59-56-. The van der Waals surface area contributed by atoms with E-state index in [4.69, 9.17) is 14.2 Å². The number of hydrogen-bond donors (Lipinski definition) is 0. The van der Waals surface area contributed by atoms with Crippen LogP contribution in [0, 0.1) is 0 Å². The quantitative estimate of drug-likeness (QED) is 0.0261. The van der Waals surface area contributed by atoms with E-state index in [9.17, 15) is 14.4 Å². The van der Waals surface area contributed by atoms with Gasteiger partial charge in [0.05, 0.1) is 0 Å². The fourth-order valence-corrected chi connectivity index (χ4v) is 8.24. The third-order valence-corrected chi connectivity index (χ3v) is 12.9. The van der Waals surface area contributed by atoms with Crippen molar-refractivity contribution < 1.29 is 28.6 Å². The smallest absolute Gasteiger partial charge is 0.306 e. The summed E-state index contributed by atoms with van der Waals surface area (Å²) < 4.78 is 16.8. The van der Waals surface area contributed by atoms with Crippen LogP contribution in [-0.4, -0.2) is 37.2 Å².